The first-order chi connectivity index (χ1) is 11.4. The Morgan fingerprint density at radius 1 is 1.00 bits per heavy atom. The number of carbonyl (C=O) groups is 1. The maximum absolute atomic E-state index is 12.6. The standard InChI is InChI=1S/C19H14F3NO/c1-23-16(11-8-13-4-2-3-5-17(13)23)12-18(24)14-6-9-15(10-7-14)19(20,21)22/h2-12H,1H3/b16-12+. The van der Waals surface area contributed by atoms with Gasteiger partial charge in [0.15, 0.2) is 5.78 Å². The molecule has 0 saturated heterocycles. The van der Waals surface area contributed by atoms with Crippen molar-refractivity contribution in [3.8, 4) is 0 Å². The first kappa shape index (κ1) is 16.1. The van der Waals surface area contributed by atoms with Crippen LogP contribution in [0, 0.1) is 0 Å². The van der Waals surface area contributed by atoms with Crippen LogP contribution in [0.2, 0.25) is 0 Å². The second kappa shape index (κ2) is 6.00. The van der Waals surface area contributed by atoms with E-state index in [-0.39, 0.29) is 11.3 Å². The third-order valence-corrected chi connectivity index (χ3v) is 3.89. The van der Waals surface area contributed by atoms with Crippen LogP contribution in [0.4, 0.5) is 18.9 Å². The zero-order chi connectivity index (χ0) is 17.3. The van der Waals surface area contributed by atoms with Crippen LogP contribution in [-0.4, -0.2) is 12.8 Å². The second-order valence-corrected chi connectivity index (χ2v) is 5.46. The zero-order valence-electron chi connectivity index (χ0n) is 12.8. The van der Waals surface area contributed by atoms with E-state index in [2.05, 4.69) is 0 Å². The van der Waals surface area contributed by atoms with E-state index < -0.39 is 11.7 Å². The third kappa shape index (κ3) is 3.11. The van der Waals surface area contributed by atoms with Gasteiger partial charge in [0.2, 0.25) is 0 Å². The van der Waals surface area contributed by atoms with Gasteiger partial charge in [0, 0.05) is 30.1 Å². The average molecular weight is 329 g/mol. The molecular weight excluding hydrogens is 315 g/mol. The predicted molar refractivity (Wildman–Crippen MR) is 87.7 cm³/mol. The van der Waals surface area contributed by atoms with E-state index in [1.165, 1.54) is 18.2 Å². The quantitative estimate of drug-likeness (QED) is 0.575. The van der Waals surface area contributed by atoms with Gasteiger partial charge in [0.05, 0.1) is 5.56 Å². The van der Waals surface area contributed by atoms with E-state index in [0.29, 0.717) is 5.70 Å². The molecule has 1 aliphatic heterocycles. The molecule has 0 fully saturated rings. The predicted octanol–water partition coefficient (Wildman–Crippen LogP) is 4.94. The Morgan fingerprint density at radius 3 is 2.33 bits per heavy atom. The topological polar surface area (TPSA) is 20.3 Å². The molecule has 0 aliphatic carbocycles. The number of halogens is 3. The molecule has 5 heteroatoms. The van der Waals surface area contributed by atoms with Crippen molar-refractivity contribution in [3.05, 3.63) is 83.1 Å². The van der Waals surface area contributed by atoms with Crippen molar-refractivity contribution < 1.29 is 18.0 Å². The first-order valence-corrected chi connectivity index (χ1v) is 7.30. The zero-order valence-corrected chi connectivity index (χ0v) is 12.8. The fourth-order valence-corrected chi connectivity index (χ4v) is 2.55. The van der Waals surface area contributed by atoms with Crippen molar-refractivity contribution in [2.45, 2.75) is 6.18 Å². The molecule has 0 spiro atoms. The number of hydrogen-bond donors (Lipinski definition) is 0. The molecule has 3 rings (SSSR count). The van der Waals surface area contributed by atoms with Crippen LogP contribution < -0.4 is 4.90 Å². The minimum atomic E-state index is -4.41. The summed E-state index contributed by atoms with van der Waals surface area (Å²) in [5.41, 5.74) is 2.13. The Balaban J connectivity index is 1.86. The monoisotopic (exact) mass is 329 g/mol. The van der Waals surface area contributed by atoms with Crippen LogP contribution >= 0.6 is 0 Å². The average Bonchev–Trinajstić information content (AvgIpc) is 2.57. The molecule has 1 aliphatic rings. The van der Waals surface area contributed by atoms with Crippen LogP contribution in [0.3, 0.4) is 0 Å². The number of para-hydroxylation sites is 1. The van der Waals surface area contributed by atoms with Gasteiger partial charge in [-0.15, -0.1) is 0 Å². The molecule has 2 nitrogen and oxygen atoms in total. The molecule has 0 saturated carbocycles. The second-order valence-electron chi connectivity index (χ2n) is 5.46. The molecule has 0 amide bonds. The normalized spacial score (nSPS) is 15.5. The minimum absolute atomic E-state index is 0.219. The molecule has 0 radical (unpaired) electrons. The number of carbonyl (C=O) groups excluding carboxylic acids is 1. The van der Waals surface area contributed by atoms with Crippen molar-refractivity contribution >= 4 is 17.5 Å². The molecule has 2 aromatic rings. The highest BCUT2D eigenvalue weighted by molar-refractivity contribution is 6.05. The summed E-state index contributed by atoms with van der Waals surface area (Å²) in [6, 6.07) is 12.0. The molecule has 0 N–H and O–H groups in total. The van der Waals surface area contributed by atoms with Crippen molar-refractivity contribution in [1.82, 2.24) is 0 Å². The Labute approximate surface area is 137 Å². The summed E-state index contributed by atoms with van der Waals surface area (Å²) in [6.07, 6.45) is 0.733. The molecule has 122 valence electrons. The number of nitrogens with zero attached hydrogens (tertiary/aromatic N) is 1. The summed E-state index contributed by atoms with van der Waals surface area (Å²) in [6.45, 7) is 0. The van der Waals surface area contributed by atoms with Crippen LogP contribution in [-0.2, 0) is 6.18 Å². The Bertz CT molecular complexity index is 832. The van der Waals surface area contributed by atoms with E-state index in [0.717, 1.165) is 23.4 Å². The number of likely N-dealkylation sites (N-methyl/N-ethyl adjacent to an activating group) is 1. The summed E-state index contributed by atoms with van der Waals surface area (Å²) in [7, 11) is 1.84. The van der Waals surface area contributed by atoms with Crippen molar-refractivity contribution in [3.63, 3.8) is 0 Å². The lowest BCUT2D eigenvalue weighted by Gasteiger charge is -2.26. The number of ketones is 1. The van der Waals surface area contributed by atoms with Gasteiger partial charge in [0.25, 0.3) is 0 Å². The van der Waals surface area contributed by atoms with Crippen molar-refractivity contribution in [1.29, 1.82) is 0 Å². The van der Waals surface area contributed by atoms with Crippen LogP contribution in [0.1, 0.15) is 21.5 Å². The Kier molecular flexibility index (Phi) is 4.01. The number of allylic oxidation sites excluding steroid dienone is 2. The van der Waals surface area contributed by atoms with E-state index in [1.54, 1.807) is 0 Å². The number of alkyl halides is 3. The SMILES string of the molecule is CN1/C(=C/C(=O)c2ccc(C(F)(F)F)cc2)C=Cc2ccccc21. The molecular formula is C19H14F3NO. The summed E-state index contributed by atoms with van der Waals surface area (Å²) in [5, 5.41) is 0. The van der Waals surface area contributed by atoms with Gasteiger partial charge in [-0.25, -0.2) is 0 Å². The maximum atomic E-state index is 12.6. The van der Waals surface area contributed by atoms with Gasteiger partial charge in [-0.05, 0) is 29.8 Å². The molecule has 24 heavy (non-hydrogen) atoms. The number of benzene rings is 2. The summed E-state index contributed by atoms with van der Waals surface area (Å²) in [5.74, 6) is -0.338. The molecule has 0 unspecified atom stereocenters. The lowest BCUT2D eigenvalue weighted by molar-refractivity contribution is -0.137. The third-order valence-electron chi connectivity index (χ3n) is 3.89. The smallest absolute Gasteiger partial charge is 0.344 e. The highest BCUT2D eigenvalue weighted by atomic mass is 19.4. The Hall–Kier alpha value is -2.82. The lowest BCUT2D eigenvalue weighted by Crippen LogP contribution is -2.19. The summed E-state index contributed by atoms with van der Waals surface area (Å²) in [4.78, 5) is 14.2. The van der Waals surface area contributed by atoms with Gasteiger partial charge in [0.1, 0.15) is 0 Å². The van der Waals surface area contributed by atoms with Crippen molar-refractivity contribution in [2.24, 2.45) is 0 Å². The number of rotatable bonds is 2. The largest absolute Gasteiger partial charge is 0.416 e. The van der Waals surface area contributed by atoms with Crippen LogP contribution in [0.5, 0.6) is 0 Å². The first-order valence-electron chi connectivity index (χ1n) is 7.30. The van der Waals surface area contributed by atoms with Gasteiger partial charge in [-0.1, -0.05) is 36.4 Å². The number of fused-ring (bicyclic) bond motifs is 1. The van der Waals surface area contributed by atoms with E-state index in [4.69, 9.17) is 0 Å². The Morgan fingerprint density at radius 2 is 1.67 bits per heavy atom. The van der Waals surface area contributed by atoms with Gasteiger partial charge >= 0.3 is 6.18 Å². The fourth-order valence-electron chi connectivity index (χ4n) is 2.55. The molecule has 0 bridgehead atoms. The maximum Gasteiger partial charge on any atom is 0.416 e. The van der Waals surface area contributed by atoms with Crippen molar-refractivity contribution in [2.75, 3.05) is 11.9 Å². The molecule has 0 aromatic heterocycles. The van der Waals surface area contributed by atoms with Gasteiger partial charge < -0.3 is 4.90 Å². The van der Waals surface area contributed by atoms with E-state index >= 15 is 0 Å². The van der Waals surface area contributed by atoms with E-state index in [9.17, 15) is 18.0 Å². The fraction of sp³-hybridized carbons (Fsp3) is 0.105. The number of anilines is 1. The van der Waals surface area contributed by atoms with Gasteiger partial charge in [-0.3, -0.25) is 4.79 Å². The molecule has 2 aromatic carbocycles. The molecule has 1 heterocycles. The highest BCUT2D eigenvalue weighted by Crippen LogP contribution is 2.30. The summed E-state index contributed by atoms with van der Waals surface area (Å²) < 4.78 is 37.7. The minimum Gasteiger partial charge on any atom is -0.344 e. The van der Waals surface area contributed by atoms with Gasteiger partial charge in [-0.2, -0.15) is 13.2 Å². The molecule has 0 atom stereocenters. The van der Waals surface area contributed by atoms with E-state index in [1.807, 2.05) is 48.4 Å². The summed E-state index contributed by atoms with van der Waals surface area (Å²) >= 11 is 0. The number of hydrogen-bond acceptors (Lipinski definition) is 2. The highest BCUT2D eigenvalue weighted by Gasteiger charge is 2.30. The van der Waals surface area contributed by atoms with Crippen LogP contribution in [0.25, 0.3) is 6.08 Å². The van der Waals surface area contributed by atoms with Crippen LogP contribution in [0.15, 0.2) is 66.4 Å². The lowest BCUT2D eigenvalue weighted by atomic mass is 10.0.